The van der Waals surface area contributed by atoms with E-state index >= 15 is 0 Å². The molecule has 1 saturated heterocycles. The quantitative estimate of drug-likeness (QED) is 0.403. The Morgan fingerprint density at radius 3 is 2.14 bits per heavy atom. The molecule has 2 heterocycles. The molecule has 1 fully saturated rings. The Morgan fingerprint density at radius 1 is 0.919 bits per heavy atom. The lowest BCUT2D eigenvalue weighted by atomic mass is 10.1. The first kappa shape index (κ1) is 25.9. The van der Waals surface area contributed by atoms with Gasteiger partial charge in [0, 0.05) is 19.4 Å². The van der Waals surface area contributed by atoms with Crippen LogP contribution in [0.15, 0.2) is 77.7 Å². The first-order valence-electron chi connectivity index (χ1n) is 11.6. The molecule has 0 unspecified atom stereocenters. The number of nitrogens with zero attached hydrogens (tertiary/aromatic N) is 2. The summed E-state index contributed by atoms with van der Waals surface area (Å²) in [7, 11) is 1.42. The number of methoxy groups -OCH3 is 1. The monoisotopic (exact) mass is 506 g/mol. The van der Waals surface area contributed by atoms with E-state index in [1.165, 1.54) is 30.9 Å². The minimum absolute atomic E-state index is 0.117. The van der Waals surface area contributed by atoms with E-state index in [1.807, 2.05) is 0 Å². The highest BCUT2D eigenvalue weighted by atomic mass is 16.6. The summed E-state index contributed by atoms with van der Waals surface area (Å²) in [6, 6.07) is 18.1. The van der Waals surface area contributed by atoms with Gasteiger partial charge in [-0.1, -0.05) is 36.4 Å². The standard InChI is InChI=1S/C27H26N2O8/c1-17(30)15-21-28-22(31)13-14-29(21)25-24(34-2)23(37-27(33)19-11-7-4-8-12-19)20(36-25)16-35-26(32)18-9-5-3-6-10-18/h3-14,20,23-25H,15-16H2,1-2H3/t20-,23-,24-,25-/m1/s1. The molecule has 37 heavy (non-hydrogen) atoms. The molecule has 1 aliphatic heterocycles. The number of aromatic nitrogens is 2. The van der Waals surface area contributed by atoms with Crippen LogP contribution in [-0.2, 0) is 30.2 Å². The van der Waals surface area contributed by atoms with Crippen LogP contribution in [0.3, 0.4) is 0 Å². The molecular weight excluding hydrogens is 480 g/mol. The highest BCUT2D eigenvalue weighted by Gasteiger charge is 2.49. The molecule has 0 amide bonds. The number of hydrogen-bond acceptors (Lipinski definition) is 9. The van der Waals surface area contributed by atoms with Crippen molar-refractivity contribution in [3.05, 3.63) is 100 Å². The summed E-state index contributed by atoms with van der Waals surface area (Å²) < 4.78 is 24.6. The summed E-state index contributed by atoms with van der Waals surface area (Å²) in [6.45, 7) is 1.13. The van der Waals surface area contributed by atoms with Gasteiger partial charge in [0.15, 0.2) is 12.3 Å². The van der Waals surface area contributed by atoms with Gasteiger partial charge in [0.1, 0.15) is 30.4 Å². The molecule has 10 nitrogen and oxygen atoms in total. The van der Waals surface area contributed by atoms with E-state index in [4.69, 9.17) is 18.9 Å². The maximum atomic E-state index is 12.9. The van der Waals surface area contributed by atoms with Gasteiger partial charge in [0.2, 0.25) is 0 Å². The first-order valence-corrected chi connectivity index (χ1v) is 11.6. The van der Waals surface area contributed by atoms with Crippen molar-refractivity contribution in [2.24, 2.45) is 0 Å². The third-order valence-electron chi connectivity index (χ3n) is 5.79. The number of esters is 2. The Balaban J connectivity index is 1.63. The minimum Gasteiger partial charge on any atom is -0.459 e. The van der Waals surface area contributed by atoms with Crippen molar-refractivity contribution in [1.29, 1.82) is 0 Å². The smallest absolute Gasteiger partial charge is 0.338 e. The molecule has 10 heteroatoms. The van der Waals surface area contributed by atoms with Crippen molar-refractivity contribution in [3.63, 3.8) is 0 Å². The largest absolute Gasteiger partial charge is 0.459 e. The van der Waals surface area contributed by atoms with Crippen LogP contribution >= 0.6 is 0 Å². The van der Waals surface area contributed by atoms with Crippen LogP contribution in [0.2, 0.25) is 0 Å². The molecule has 1 aliphatic rings. The molecular formula is C27H26N2O8. The number of benzene rings is 2. The molecule has 1 aromatic heterocycles. The van der Waals surface area contributed by atoms with Crippen molar-refractivity contribution >= 4 is 17.7 Å². The molecule has 0 spiro atoms. The number of rotatable bonds is 9. The highest BCUT2D eigenvalue weighted by Crippen LogP contribution is 2.35. The molecule has 0 saturated carbocycles. The van der Waals surface area contributed by atoms with Gasteiger partial charge < -0.3 is 23.5 Å². The molecule has 2 aromatic carbocycles. The topological polar surface area (TPSA) is 123 Å². The average molecular weight is 507 g/mol. The van der Waals surface area contributed by atoms with E-state index in [1.54, 1.807) is 60.7 Å². The molecule has 0 aliphatic carbocycles. The van der Waals surface area contributed by atoms with Crippen LogP contribution in [0.5, 0.6) is 0 Å². The number of carbonyl (C=O) groups excluding carboxylic acids is 3. The number of hydrogen-bond donors (Lipinski definition) is 0. The number of ketones is 1. The molecule has 0 bridgehead atoms. The average Bonchev–Trinajstić information content (AvgIpc) is 3.24. The third kappa shape index (κ3) is 6.16. The van der Waals surface area contributed by atoms with Gasteiger partial charge in [-0.3, -0.25) is 9.59 Å². The predicted octanol–water partition coefficient (Wildman–Crippen LogP) is 2.37. The zero-order valence-electron chi connectivity index (χ0n) is 20.3. The van der Waals surface area contributed by atoms with Crippen LogP contribution in [0.25, 0.3) is 0 Å². The van der Waals surface area contributed by atoms with Gasteiger partial charge in [0.25, 0.3) is 5.56 Å². The Hall–Kier alpha value is -4.15. The highest BCUT2D eigenvalue weighted by molar-refractivity contribution is 5.90. The zero-order chi connectivity index (χ0) is 26.4. The maximum absolute atomic E-state index is 12.9. The van der Waals surface area contributed by atoms with E-state index in [9.17, 15) is 19.2 Å². The second kappa shape index (κ2) is 11.7. The van der Waals surface area contributed by atoms with Crippen molar-refractivity contribution in [3.8, 4) is 0 Å². The lowest BCUT2D eigenvalue weighted by Crippen LogP contribution is -2.40. The predicted molar refractivity (Wildman–Crippen MR) is 130 cm³/mol. The molecule has 0 radical (unpaired) electrons. The van der Waals surface area contributed by atoms with E-state index in [-0.39, 0.29) is 24.6 Å². The molecule has 4 atom stereocenters. The zero-order valence-corrected chi connectivity index (χ0v) is 20.3. The lowest BCUT2D eigenvalue weighted by molar-refractivity contribution is -0.116. The van der Waals surface area contributed by atoms with Crippen LogP contribution in [0.4, 0.5) is 0 Å². The van der Waals surface area contributed by atoms with Gasteiger partial charge in [-0.15, -0.1) is 0 Å². The third-order valence-corrected chi connectivity index (χ3v) is 5.79. The molecule has 4 rings (SSSR count). The van der Waals surface area contributed by atoms with Gasteiger partial charge >= 0.3 is 11.9 Å². The minimum atomic E-state index is -0.990. The van der Waals surface area contributed by atoms with Crippen molar-refractivity contribution in [2.45, 2.75) is 37.9 Å². The van der Waals surface area contributed by atoms with Crippen LogP contribution in [0.1, 0.15) is 39.7 Å². The fourth-order valence-electron chi connectivity index (χ4n) is 4.08. The summed E-state index contributed by atoms with van der Waals surface area (Å²) >= 11 is 0. The number of carbonyl (C=O) groups is 3. The van der Waals surface area contributed by atoms with Gasteiger partial charge in [-0.25, -0.2) is 9.59 Å². The van der Waals surface area contributed by atoms with Crippen LogP contribution in [0, 0.1) is 0 Å². The van der Waals surface area contributed by atoms with Crippen molar-refractivity contribution in [2.75, 3.05) is 13.7 Å². The molecule has 0 N–H and O–H groups in total. The van der Waals surface area contributed by atoms with E-state index in [0.29, 0.717) is 11.1 Å². The Bertz CT molecular complexity index is 1310. The fraction of sp³-hybridized carbons (Fsp3) is 0.296. The summed E-state index contributed by atoms with van der Waals surface area (Å²) in [5, 5.41) is 0. The van der Waals surface area contributed by atoms with Crippen molar-refractivity contribution < 1.29 is 33.3 Å². The summed E-state index contributed by atoms with van der Waals surface area (Å²) in [5.74, 6) is -1.23. The number of Topliss-reactive ketones (excluding diaryl/α,β-unsaturated/α-hetero) is 1. The van der Waals surface area contributed by atoms with Crippen LogP contribution < -0.4 is 5.56 Å². The van der Waals surface area contributed by atoms with E-state index in [0.717, 1.165) is 0 Å². The Morgan fingerprint density at radius 2 is 1.54 bits per heavy atom. The normalized spacial score (nSPS) is 20.8. The summed E-state index contributed by atoms with van der Waals surface area (Å²) in [5.41, 5.74) is 0.162. The maximum Gasteiger partial charge on any atom is 0.338 e. The summed E-state index contributed by atoms with van der Waals surface area (Å²) in [4.78, 5) is 53.2. The van der Waals surface area contributed by atoms with Crippen molar-refractivity contribution in [1.82, 2.24) is 9.55 Å². The van der Waals surface area contributed by atoms with Gasteiger partial charge in [0.05, 0.1) is 17.5 Å². The number of ether oxygens (including phenoxy) is 4. The first-order chi connectivity index (χ1) is 17.9. The van der Waals surface area contributed by atoms with E-state index in [2.05, 4.69) is 4.98 Å². The second-order valence-electron chi connectivity index (χ2n) is 8.43. The molecule has 3 aromatic rings. The molecule has 192 valence electrons. The second-order valence-corrected chi connectivity index (χ2v) is 8.43. The Labute approximate surface area is 212 Å². The lowest BCUT2D eigenvalue weighted by Gasteiger charge is -2.25. The van der Waals surface area contributed by atoms with Crippen LogP contribution in [-0.4, -0.2) is 59.3 Å². The Kier molecular flexibility index (Phi) is 8.22. The SMILES string of the molecule is CO[C@@H]1[C@H](OC(=O)c2ccccc2)[C@@H](COC(=O)c2ccccc2)O[C@H]1n1ccc(=O)nc1CC(C)=O. The van der Waals surface area contributed by atoms with E-state index < -0.39 is 42.0 Å². The summed E-state index contributed by atoms with van der Waals surface area (Å²) in [6.07, 6.45) is -2.38. The van der Waals surface area contributed by atoms with Gasteiger partial charge in [-0.2, -0.15) is 4.98 Å². The van der Waals surface area contributed by atoms with Gasteiger partial charge in [-0.05, 0) is 31.2 Å². The fourth-order valence-corrected chi connectivity index (χ4v) is 4.08.